The van der Waals surface area contributed by atoms with Crippen LogP contribution in [-0.2, 0) is 6.54 Å². The summed E-state index contributed by atoms with van der Waals surface area (Å²) in [5.74, 6) is 1.63. The molecular formula is C15H19BrFN. The maximum Gasteiger partial charge on any atom is 0.124 e. The van der Waals surface area contributed by atoms with Gasteiger partial charge in [-0.3, -0.25) is 4.90 Å². The third-order valence-electron chi connectivity index (χ3n) is 4.25. The Morgan fingerprint density at radius 1 is 1.17 bits per heavy atom. The van der Waals surface area contributed by atoms with Crippen molar-refractivity contribution in [2.24, 2.45) is 11.8 Å². The van der Waals surface area contributed by atoms with Gasteiger partial charge in [0.15, 0.2) is 0 Å². The highest BCUT2D eigenvalue weighted by molar-refractivity contribution is 9.10. The van der Waals surface area contributed by atoms with Gasteiger partial charge in [0.2, 0.25) is 0 Å². The number of likely N-dealkylation sites (tertiary alicyclic amines) is 1. The second-order valence-electron chi connectivity index (χ2n) is 5.87. The first-order valence-electron chi connectivity index (χ1n) is 6.86. The zero-order chi connectivity index (χ0) is 12.5. The molecule has 1 aromatic rings. The summed E-state index contributed by atoms with van der Waals surface area (Å²) >= 11 is 3.37. The van der Waals surface area contributed by atoms with Crippen LogP contribution < -0.4 is 0 Å². The van der Waals surface area contributed by atoms with Crippen LogP contribution >= 0.6 is 15.9 Å². The molecule has 1 nitrogen and oxygen atoms in total. The summed E-state index contributed by atoms with van der Waals surface area (Å²) in [5.41, 5.74) is 1.09. The molecule has 0 radical (unpaired) electrons. The van der Waals surface area contributed by atoms with Gasteiger partial charge >= 0.3 is 0 Å². The molecule has 0 aromatic heterocycles. The zero-order valence-electron chi connectivity index (χ0n) is 10.5. The van der Waals surface area contributed by atoms with E-state index in [1.165, 1.54) is 44.8 Å². The molecule has 0 amide bonds. The highest BCUT2D eigenvalue weighted by atomic mass is 79.9. The average Bonchev–Trinajstić information content (AvgIpc) is 2.26. The van der Waals surface area contributed by atoms with Gasteiger partial charge < -0.3 is 0 Å². The van der Waals surface area contributed by atoms with Crippen molar-refractivity contribution in [3.05, 3.63) is 34.1 Å². The van der Waals surface area contributed by atoms with Gasteiger partial charge in [0.05, 0.1) is 0 Å². The van der Waals surface area contributed by atoms with Crippen LogP contribution in [0, 0.1) is 17.7 Å². The molecule has 0 N–H and O–H groups in total. The fraction of sp³-hybridized carbons (Fsp3) is 0.600. The van der Waals surface area contributed by atoms with Gasteiger partial charge in [0, 0.05) is 24.1 Å². The molecule has 1 aliphatic carbocycles. The van der Waals surface area contributed by atoms with Crippen LogP contribution in [0.4, 0.5) is 4.39 Å². The highest BCUT2D eigenvalue weighted by Crippen LogP contribution is 2.34. The summed E-state index contributed by atoms with van der Waals surface area (Å²) in [4.78, 5) is 2.51. The molecule has 1 aromatic carbocycles. The lowest BCUT2D eigenvalue weighted by Gasteiger charge is -2.41. The van der Waals surface area contributed by atoms with Crippen molar-refractivity contribution in [3.63, 3.8) is 0 Å². The Balaban J connectivity index is 1.68. The molecule has 2 atom stereocenters. The minimum Gasteiger partial charge on any atom is -0.299 e. The minimum atomic E-state index is -0.142. The number of halogens is 2. The van der Waals surface area contributed by atoms with E-state index in [9.17, 15) is 4.39 Å². The van der Waals surface area contributed by atoms with E-state index in [0.29, 0.717) is 0 Å². The molecule has 0 spiro atoms. The maximum atomic E-state index is 13.4. The summed E-state index contributed by atoms with van der Waals surface area (Å²) in [5, 5.41) is 0. The van der Waals surface area contributed by atoms with Crippen molar-refractivity contribution >= 4 is 15.9 Å². The summed E-state index contributed by atoms with van der Waals surface area (Å²) in [7, 11) is 0. The van der Waals surface area contributed by atoms with E-state index in [-0.39, 0.29) is 5.82 Å². The van der Waals surface area contributed by atoms with Crippen LogP contribution in [0.1, 0.15) is 31.2 Å². The van der Waals surface area contributed by atoms with Gasteiger partial charge in [-0.15, -0.1) is 0 Å². The van der Waals surface area contributed by atoms with Crippen molar-refractivity contribution in [2.45, 2.75) is 32.2 Å². The van der Waals surface area contributed by atoms with Crippen LogP contribution in [0.15, 0.2) is 22.7 Å². The molecule has 1 aliphatic heterocycles. The lowest BCUT2D eigenvalue weighted by atomic mass is 9.78. The fourth-order valence-corrected chi connectivity index (χ4v) is 4.14. The van der Waals surface area contributed by atoms with E-state index in [0.717, 1.165) is 28.4 Å². The van der Waals surface area contributed by atoms with E-state index < -0.39 is 0 Å². The summed E-state index contributed by atoms with van der Waals surface area (Å²) in [6.07, 6.45) is 5.61. The standard InChI is InChI=1S/C15H19BrFN/c16-14-5-13(6-15(17)7-14)10-18-8-11-2-1-3-12(4-11)9-18/h5-7,11-12H,1-4,8-10H2. The van der Waals surface area contributed by atoms with E-state index in [1.807, 2.05) is 6.07 Å². The van der Waals surface area contributed by atoms with Crippen LogP contribution in [-0.4, -0.2) is 18.0 Å². The van der Waals surface area contributed by atoms with Gasteiger partial charge in [-0.1, -0.05) is 22.4 Å². The molecule has 98 valence electrons. The minimum absolute atomic E-state index is 0.142. The molecule has 2 unspecified atom stereocenters. The number of nitrogens with zero attached hydrogens (tertiary/aromatic N) is 1. The second kappa shape index (κ2) is 5.30. The number of hydrogen-bond acceptors (Lipinski definition) is 1. The molecule has 2 bridgehead atoms. The molecule has 3 heteroatoms. The van der Waals surface area contributed by atoms with Crippen molar-refractivity contribution in [3.8, 4) is 0 Å². The van der Waals surface area contributed by atoms with Crippen LogP contribution in [0.25, 0.3) is 0 Å². The molecule has 1 saturated carbocycles. The van der Waals surface area contributed by atoms with Gasteiger partial charge in [0.25, 0.3) is 0 Å². The quantitative estimate of drug-likeness (QED) is 0.791. The molecular weight excluding hydrogens is 293 g/mol. The van der Waals surface area contributed by atoms with Crippen LogP contribution in [0.5, 0.6) is 0 Å². The maximum absolute atomic E-state index is 13.4. The Hall–Kier alpha value is -0.410. The number of benzene rings is 1. The van der Waals surface area contributed by atoms with Gasteiger partial charge in [0.1, 0.15) is 5.82 Å². The first kappa shape index (κ1) is 12.6. The number of piperidine rings is 1. The molecule has 2 fully saturated rings. The normalized spacial score (nSPS) is 28.3. The van der Waals surface area contributed by atoms with E-state index >= 15 is 0 Å². The lowest BCUT2D eigenvalue weighted by Crippen LogP contribution is -2.42. The Morgan fingerprint density at radius 3 is 2.56 bits per heavy atom. The molecule has 1 heterocycles. The average molecular weight is 312 g/mol. The number of fused-ring (bicyclic) bond motifs is 2. The number of hydrogen-bond donors (Lipinski definition) is 0. The third-order valence-corrected chi connectivity index (χ3v) is 4.71. The van der Waals surface area contributed by atoms with Gasteiger partial charge in [-0.05, 0) is 54.9 Å². The van der Waals surface area contributed by atoms with Gasteiger partial charge in [-0.2, -0.15) is 0 Å². The van der Waals surface area contributed by atoms with Crippen molar-refractivity contribution < 1.29 is 4.39 Å². The number of rotatable bonds is 2. The highest BCUT2D eigenvalue weighted by Gasteiger charge is 2.30. The van der Waals surface area contributed by atoms with Crippen LogP contribution in [0.3, 0.4) is 0 Å². The van der Waals surface area contributed by atoms with E-state index in [4.69, 9.17) is 0 Å². The monoisotopic (exact) mass is 311 g/mol. The zero-order valence-corrected chi connectivity index (χ0v) is 12.1. The lowest BCUT2D eigenvalue weighted by molar-refractivity contribution is 0.0807. The molecule has 18 heavy (non-hydrogen) atoms. The van der Waals surface area contributed by atoms with Crippen molar-refractivity contribution in [1.82, 2.24) is 4.90 Å². The fourth-order valence-electron chi connectivity index (χ4n) is 3.63. The summed E-state index contributed by atoms with van der Waals surface area (Å²) in [6.45, 7) is 3.29. The predicted molar refractivity (Wildman–Crippen MR) is 74.8 cm³/mol. The SMILES string of the molecule is Fc1cc(Br)cc(CN2CC3CCCC(C3)C2)c1. The third kappa shape index (κ3) is 2.94. The molecule has 1 saturated heterocycles. The smallest absolute Gasteiger partial charge is 0.124 e. The Kier molecular flexibility index (Phi) is 3.71. The molecule has 2 aliphatic rings. The summed E-state index contributed by atoms with van der Waals surface area (Å²) in [6, 6.07) is 5.22. The Bertz CT molecular complexity index is 402. The first-order valence-corrected chi connectivity index (χ1v) is 7.65. The topological polar surface area (TPSA) is 3.24 Å². The van der Waals surface area contributed by atoms with E-state index in [1.54, 1.807) is 6.07 Å². The first-order chi connectivity index (χ1) is 8.69. The van der Waals surface area contributed by atoms with Crippen molar-refractivity contribution in [2.75, 3.05) is 13.1 Å². The van der Waals surface area contributed by atoms with Crippen molar-refractivity contribution in [1.29, 1.82) is 0 Å². The Labute approximate surface area is 116 Å². The predicted octanol–water partition coefficient (Wildman–Crippen LogP) is 4.21. The summed E-state index contributed by atoms with van der Waals surface area (Å²) < 4.78 is 14.2. The van der Waals surface area contributed by atoms with E-state index in [2.05, 4.69) is 20.8 Å². The largest absolute Gasteiger partial charge is 0.299 e. The molecule has 3 rings (SSSR count). The second-order valence-corrected chi connectivity index (χ2v) is 6.79. The Morgan fingerprint density at radius 2 is 1.89 bits per heavy atom. The van der Waals surface area contributed by atoms with Crippen LogP contribution in [0.2, 0.25) is 0 Å². The van der Waals surface area contributed by atoms with Gasteiger partial charge in [-0.25, -0.2) is 4.39 Å².